The maximum atomic E-state index is 5.53. The quantitative estimate of drug-likeness (QED) is 0.793. The Balaban J connectivity index is 1.91. The van der Waals surface area contributed by atoms with Crippen molar-refractivity contribution in [1.29, 1.82) is 0 Å². The standard InChI is InChI=1S/C13H19N3S/c1-10-7-16(9-12(10)15-13(14)17)8-11-5-3-2-4-6-11/h2-6,10,12H,7-9H2,1H3,(H3,14,15,17). The van der Waals surface area contributed by atoms with Crippen molar-refractivity contribution in [3.8, 4) is 0 Å². The van der Waals surface area contributed by atoms with Gasteiger partial charge in [-0.05, 0) is 23.7 Å². The van der Waals surface area contributed by atoms with Crippen LogP contribution in [0.15, 0.2) is 30.3 Å². The highest BCUT2D eigenvalue weighted by Crippen LogP contribution is 2.18. The summed E-state index contributed by atoms with van der Waals surface area (Å²) in [5.74, 6) is 0.584. The van der Waals surface area contributed by atoms with E-state index in [1.165, 1.54) is 5.56 Å². The van der Waals surface area contributed by atoms with Crippen molar-refractivity contribution < 1.29 is 0 Å². The van der Waals surface area contributed by atoms with E-state index in [0.29, 0.717) is 17.1 Å². The molecule has 1 heterocycles. The number of nitrogens with two attached hydrogens (primary N) is 1. The van der Waals surface area contributed by atoms with Crippen LogP contribution in [-0.2, 0) is 6.54 Å². The molecule has 2 rings (SSSR count). The minimum atomic E-state index is 0.385. The highest BCUT2D eigenvalue weighted by atomic mass is 32.1. The Bertz CT molecular complexity index is 380. The minimum Gasteiger partial charge on any atom is -0.376 e. The van der Waals surface area contributed by atoms with Crippen LogP contribution in [0.2, 0.25) is 0 Å². The molecular formula is C13H19N3S. The predicted molar refractivity (Wildman–Crippen MR) is 74.6 cm³/mol. The lowest BCUT2D eigenvalue weighted by Crippen LogP contribution is -2.42. The summed E-state index contributed by atoms with van der Waals surface area (Å²) in [6, 6.07) is 10.9. The zero-order valence-corrected chi connectivity index (χ0v) is 10.9. The second-order valence-electron chi connectivity index (χ2n) is 4.77. The average Bonchev–Trinajstić information content (AvgIpc) is 2.59. The first-order valence-electron chi connectivity index (χ1n) is 5.97. The number of hydrogen-bond donors (Lipinski definition) is 2. The summed E-state index contributed by atoms with van der Waals surface area (Å²) in [6.07, 6.45) is 0. The fraction of sp³-hybridized carbons (Fsp3) is 0.462. The molecule has 1 fully saturated rings. The van der Waals surface area contributed by atoms with Crippen molar-refractivity contribution in [2.24, 2.45) is 11.7 Å². The van der Waals surface area contributed by atoms with Crippen LogP contribution in [0.4, 0.5) is 0 Å². The van der Waals surface area contributed by atoms with Gasteiger partial charge in [-0.1, -0.05) is 37.3 Å². The SMILES string of the molecule is CC1CN(Cc2ccccc2)CC1NC(N)=S. The molecule has 2 unspecified atom stereocenters. The van der Waals surface area contributed by atoms with Crippen LogP contribution < -0.4 is 11.1 Å². The first kappa shape index (κ1) is 12.3. The molecule has 1 aromatic carbocycles. The van der Waals surface area contributed by atoms with E-state index in [-0.39, 0.29) is 0 Å². The van der Waals surface area contributed by atoms with Crippen molar-refractivity contribution in [1.82, 2.24) is 10.2 Å². The molecule has 1 aliphatic rings. The van der Waals surface area contributed by atoms with Crippen LogP contribution in [-0.4, -0.2) is 29.1 Å². The van der Waals surface area contributed by atoms with Gasteiger partial charge >= 0.3 is 0 Å². The molecule has 92 valence electrons. The molecule has 0 saturated carbocycles. The Labute approximate surface area is 108 Å². The highest BCUT2D eigenvalue weighted by molar-refractivity contribution is 7.80. The molecule has 1 aromatic rings. The van der Waals surface area contributed by atoms with Crippen LogP contribution in [0.5, 0.6) is 0 Å². The van der Waals surface area contributed by atoms with E-state index in [1.54, 1.807) is 0 Å². The smallest absolute Gasteiger partial charge is 0.163 e. The minimum absolute atomic E-state index is 0.385. The van der Waals surface area contributed by atoms with E-state index < -0.39 is 0 Å². The Morgan fingerprint density at radius 3 is 2.76 bits per heavy atom. The van der Waals surface area contributed by atoms with Crippen LogP contribution in [0.25, 0.3) is 0 Å². The van der Waals surface area contributed by atoms with E-state index in [1.807, 2.05) is 6.07 Å². The summed E-state index contributed by atoms with van der Waals surface area (Å²) in [4.78, 5) is 2.44. The van der Waals surface area contributed by atoms with Crippen LogP contribution >= 0.6 is 12.2 Å². The third kappa shape index (κ3) is 3.41. The van der Waals surface area contributed by atoms with Crippen LogP contribution in [0, 0.1) is 5.92 Å². The molecule has 3 nitrogen and oxygen atoms in total. The summed E-state index contributed by atoms with van der Waals surface area (Å²) in [5, 5.41) is 3.58. The van der Waals surface area contributed by atoms with Crippen LogP contribution in [0.3, 0.4) is 0 Å². The van der Waals surface area contributed by atoms with E-state index in [0.717, 1.165) is 19.6 Å². The van der Waals surface area contributed by atoms with Gasteiger partial charge in [-0.2, -0.15) is 0 Å². The van der Waals surface area contributed by atoms with Gasteiger partial charge in [-0.3, -0.25) is 4.90 Å². The van der Waals surface area contributed by atoms with Gasteiger partial charge in [0.1, 0.15) is 0 Å². The van der Waals surface area contributed by atoms with Gasteiger partial charge in [0.05, 0.1) is 0 Å². The number of thiocarbonyl (C=S) groups is 1. The number of hydrogen-bond acceptors (Lipinski definition) is 2. The number of nitrogens with zero attached hydrogens (tertiary/aromatic N) is 1. The second kappa shape index (κ2) is 5.47. The molecule has 0 bridgehead atoms. The molecule has 0 aliphatic carbocycles. The predicted octanol–water partition coefficient (Wildman–Crippen LogP) is 1.34. The first-order valence-corrected chi connectivity index (χ1v) is 6.38. The van der Waals surface area contributed by atoms with Gasteiger partial charge in [0, 0.05) is 25.7 Å². The van der Waals surface area contributed by atoms with Gasteiger partial charge in [-0.15, -0.1) is 0 Å². The van der Waals surface area contributed by atoms with Gasteiger partial charge in [-0.25, -0.2) is 0 Å². The van der Waals surface area contributed by atoms with E-state index in [4.69, 9.17) is 18.0 Å². The molecular weight excluding hydrogens is 230 g/mol. The molecule has 0 aromatic heterocycles. The van der Waals surface area contributed by atoms with Gasteiger partial charge < -0.3 is 11.1 Å². The van der Waals surface area contributed by atoms with Gasteiger partial charge in [0.25, 0.3) is 0 Å². The summed E-state index contributed by atoms with van der Waals surface area (Å²) in [7, 11) is 0. The highest BCUT2D eigenvalue weighted by Gasteiger charge is 2.29. The molecule has 0 amide bonds. The monoisotopic (exact) mass is 249 g/mol. The third-order valence-corrected chi connectivity index (χ3v) is 3.38. The van der Waals surface area contributed by atoms with Gasteiger partial charge in [0.15, 0.2) is 5.11 Å². The molecule has 2 atom stereocenters. The first-order chi connectivity index (χ1) is 8.15. The third-order valence-electron chi connectivity index (χ3n) is 3.26. The molecule has 1 aliphatic heterocycles. The zero-order chi connectivity index (χ0) is 12.3. The second-order valence-corrected chi connectivity index (χ2v) is 5.21. The maximum Gasteiger partial charge on any atom is 0.163 e. The Kier molecular flexibility index (Phi) is 3.97. The summed E-state index contributed by atoms with van der Waals surface area (Å²) >= 11 is 4.90. The fourth-order valence-electron chi connectivity index (χ4n) is 2.41. The van der Waals surface area contributed by atoms with Crippen molar-refractivity contribution in [3.05, 3.63) is 35.9 Å². The summed E-state index contributed by atoms with van der Waals surface area (Å²) in [5.41, 5.74) is 6.89. The molecule has 4 heteroatoms. The normalized spacial score (nSPS) is 24.8. The maximum absolute atomic E-state index is 5.53. The Hall–Kier alpha value is -1.13. The Morgan fingerprint density at radius 1 is 1.41 bits per heavy atom. The van der Waals surface area contributed by atoms with Crippen molar-refractivity contribution in [3.63, 3.8) is 0 Å². The molecule has 3 N–H and O–H groups in total. The molecule has 1 saturated heterocycles. The topological polar surface area (TPSA) is 41.3 Å². The molecule has 17 heavy (non-hydrogen) atoms. The van der Waals surface area contributed by atoms with Crippen LogP contribution in [0.1, 0.15) is 12.5 Å². The Morgan fingerprint density at radius 2 is 2.12 bits per heavy atom. The summed E-state index contributed by atoms with van der Waals surface area (Å²) < 4.78 is 0. The van der Waals surface area contributed by atoms with Crippen molar-refractivity contribution >= 4 is 17.3 Å². The lowest BCUT2D eigenvalue weighted by molar-refractivity contribution is 0.318. The fourth-order valence-corrected chi connectivity index (χ4v) is 2.56. The number of benzene rings is 1. The largest absolute Gasteiger partial charge is 0.376 e. The lowest BCUT2D eigenvalue weighted by Gasteiger charge is -2.17. The van der Waals surface area contributed by atoms with E-state index >= 15 is 0 Å². The van der Waals surface area contributed by atoms with Crippen molar-refractivity contribution in [2.75, 3.05) is 13.1 Å². The molecule has 0 spiro atoms. The number of rotatable bonds is 3. The average molecular weight is 249 g/mol. The van der Waals surface area contributed by atoms with Gasteiger partial charge in [0.2, 0.25) is 0 Å². The number of nitrogens with one attached hydrogen (secondary N) is 1. The molecule has 0 radical (unpaired) electrons. The van der Waals surface area contributed by atoms with Crippen molar-refractivity contribution in [2.45, 2.75) is 19.5 Å². The van der Waals surface area contributed by atoms with E-state index in [2.05, 4.69) is 41.4 Å². The van der Waals surface area contributed by atoms with E-state index in [9.17, 15) is 0 Å². The zero-order valence-electron chi connectivity index (χ0n) is 10.1. The lowest BCUT2D eigenvalue weighted by atomic mass is 10.1. The number of likely N-dealkylation sites (tertiary alicyclic amines) is 1. The summed E-state index contributed by atoms with van der Waals surface area (Å²) in [6.45, 7) is 5.34.